The van der Waals surface area contributed by atoms with Crippen molar-refractivity contribution < 1.29 is 0 Å². The molecule has 0 bridgehead atoms. The summed E-state index contributed by atoms with van der Waals surface area (Å²) < 4.78 is 0. The van der Waals surface area contributed by atoms with Gasteiger partial charge in [0, 0.05) is 11.4 Å². The van der Waals surface area contributed by atoms with E-state index in [4.69, 9.17) is 11.6 Å². The first-order chi connectivity index (χ1) is 15.1. The van der Waals surface area contributed by atoms with Gasteiger partial charge in [0.1, 0.15) is 0 Å². The Morgan fingerprint density at radius 1 is 0.645 bits per heavy atom. The summed E-state index contributed by atoms with van der Waals surface area (Å²) in [5, 5.41) is 10.4. The van der Waals surface area contributed by atoms with Crippen LogP contribution in [0.15, 0.2) is 72.8 Å². The van der Waals surface area contributed by atoms with Crippen LogP contribution in [0.25, 0.3) is 0 Å². The van der Waals surface area contributed by atoms with E-state index in [9.17, 15) is 0 Å². The standard InChI is InChI=1S/C24H23ClN6/c1-3-17-11-5-8-14-20(17)27-23-29-22(26-19-13-7-4-10-16(19)2)30-24(31-23)28-21-15-9-6-12-18(21)25/h4-15H,3H2,1-2H3,(H3,26,27,28,29,30,31). The molecular formula is C24H23ClN6. The molecule has 31 heavy (non-hydrogen) atoms. The van der Waals surface area contributed by atoms with Crippen molar-refractivity contribution in [2.24, 2.45) is 0 Å². The first kappa shape index (κ1) is 20.6. The second-order valence-corrected chi connectivity index (χ2v) is 7.39. The van der Waals surface area contributed by atoms with Crippen molar-refractivity contribution >= 4 is 46.5 Å². The summed E-state index contributed by atoms with van der Waals surface area (Å²) in [7, 11) is 0. The third-order valence-corrected chi connectivity index (χ3v) is 5.12. The van der Waals surface area contributed by atoms with Crippen LogP contribution in [0.4, 0.5) is 34.9 Å². The van der Waals surface area contributed by atoms with E-state index in [1.807, 2.05) is 73.7 Å². The molecule has 6 nitrogen and oxygen atoms in total. The molecule has 4 aromatic rings. The van der Waals surface area contributed by atoms with Crippen LogP contribution in [0.1, 0.15) is 18.1 Å². The minimum absolute atomic E-state index is 0.385. The topological polar surface area (TPSA) is 74.8 Å². The maximum atomic E-state index is 6.31. The van der Waals surface area contributed by atoms with Crippen molar-refractivity contribution in [2.45, 2.75) is 20.3 Å². The van der Waals surface area contributed by atoms with Crippen molar-refractivity contribution in [3.63, 3.8) is 0 Å². The summed E-state index contributed by atoms with van der Waals surface area (Å²) in [6.07, 6.45) is 0.896. The Labute approximate surface area is 186 Å². The van der Waals surface area contributed by atoms with Gasteiger partial charge in [-0.3, -0.25) is 0 Å². The van der Waals surface area contributed by atoms with E-state index >= 15 is 0 Å². The van der Waals surface area contributed by atoms with Crippen molar-refractivity contribution in [3.8, 4) is 0 Å². The summed E-state index contributed by atoms with van der Waals surface area (Å²) in [5.41, 5.74) is 4.88. The molecule has 0 amide bonds. The van der Waals surface area contributed by atoms with Gasteiger partial charge < -0.3 is 16.0 Å². The first-order valence-electron chi connectivity index (χ1n) is 10.1. The van der Waals surface area contributed by atoms with E-state index < -0.39 is 0 Å². The summed E-state index contributed by atoms with van der Waals surface area (Å²) in [5.74, 6) is 1.24. The highest BCUT2D eigenvalue weighted by molar-refractivity contribution is 6.33. The van der Waals surface area contributed by atoms with Gasteiger partial charge in [0.05, 0.1) is 10.7 Å². The fraction of sp³-hybridized carbons (Fsp3) is 0.125. The predicted octanol–water partition coefficient (Wildman–Crippen LogP) is 6.63. The molecule has 0 saturated heterocycles. The monoisotopic (exact) mass is 430 g/mol. The highest BCUT2D eigenvalue weighted by Crippen LogP contribution is 2.26. The molecule has 0 radical (unpaired) electrons. The van der Waals surface area contributed by atoms with Gasteiger partial charge in [0.15, 0.2) is 0 Å². The highest BCUT2D eigenvalue weighted by Gasteiger charge is 2.11. The van der Waals surface area contributed by atoms with Crippen LogP contribution in [0.2, 0.25) is 5.02 Å². The fourth-order valence-corrected chi connectivity index (χ4v) is 3.31. The second kappa shape index (κ2) is 9.45. The molecule has 3 aromatic carbocycles. The summed E-state index contributed by atoms with van der Waals surface area (Å²) in [6.45, 7) is 4.15. The average Bonchev–Trinajstić information content (AvgIpc) is 2.77. The third-order valence-electron chi connectivity index (χ3n) is 4.79. The van der Waals surface area contributed by atoms with E-state index in [0.717, 1.165) is 29.0 Å². The van der Waals surface area contributed by atoms with Crippen LogP contribution >= 0.6 is 11.6 Å². The lowest BCUT2D eigenvalue weighted by atomic mass is 10.1. The smallest absolute Gasteiger partial charge is 0.233 e. The summed E-state index contributed by atoms with van der Waals surface area (Å²) >= 11 is 6.31. The van der Waals surface area contributed by atoms with Gasteiger partial charge in [-0.25, -0.2) is 0 Å². The van der Waals surface area contributed by atoms with Gasteiger partial charge in [-0.05, 0) is 48.7 Å². The number of anilines is 6. The van der Waals surface area contributed by atoms with Gasteiger partial charge in [-0.2, -0.15) is 15.0 Å². The number of nitrogens with zero attached hydrogens (tertiary/aromatic N) is 3. The molecule has 0 aliphatic heterocycles. The van der Waals surface area contributed by atoms with Gasteiger partial charge >= 0.3 is 0 Å². The van der Waals surface area contributed by atoms with Crippen LogP contribution in [-0.4, -0.2) is 15.0 Å². The highest BCUT2D eigenvalue weighted by atomic mass is 35.5. The van der Waals surface area contributed by atoms with Gasteiger partial charge in [-0.1, -0.05) is 67.1 Å². The Morgan fingerprint density at radius 3 is 1.74 bits per heavy atom. The number of hydrogen-bond donors (Lipinski definition) is 3. The quantitative estimate of drug-likeness (QED) is 0.305. The number of aromatic nitrogens is 3. The minimum atomic E-state index is 0.385. The fourth-order valence-electron chi connectivity index (χ4n) is 3.13. The second-order valence-electron chi connectivity index (χ2n) is 6.99. The molecular weight excluding hydrogens is 408 g/mol. The number of para-hydroxylation sites is 3. The molecule has 156 valence electrons. The summed E-state index contributed by atoms with van der Waals surface area (Å²) in [4.78, 5) is 13.7. The largest absolute Gasteiger partial charge is 0.324 e. The zero-order valence-corrected chi connectivity index (χ0v) is 18.1. The Morgan fingerprint density at radius 2 is 1.13 bits per heavy atom. The van der Waals surface area contributed by atoms with E-state index in [1.165, 1.54) is 5.56 Å². The number of hydrogen-bond acceptors (Lipinski definition) is 6. The number of rotatable bonds is 7. The van der Waals surface area contributed by atoms with E-state index in [-0.39, 0.29) is 0 Å². The Hall–Kier alpha value is -3.64. The molecule has 0 aliphatic carbocycles. The summed E-state index contributed by atoms with van der Waals surface area (Å²) in [6, 6.07) is 23.5. The predicted molar refractivity (Wildman–Crippen MR) is 128 cm³/mol. The van der Waals surface area contributed by atoms with Crippen molar-refractivity contribution in [2.75, 3.05) is 16.0 Å². The van der Waals surface area contributed by atoms with Gasteiger partial charge in [0.25, 0.3) is 0 Å². The zero-order valence-electron chi connectivity index (χ0n) is 17.4. The van der Waals surface area contributed by atoms with E-state index in [0.29, 0.717) is 22.9 Å². The van der Waals surface area contributed by atoms with Crippen molar-refractivity contribution in [1.82, 2.24) is 15.0 Å². The van der Waals surface area contributed by atoms with Crippen molar-refractivity contribution in [1.29, 1.82) is 0 Å². The van der Waals surface area contributed by atoms with Crippen LogP contribution in [0.5, 0.6) is 0 Å². The number of aryl methyl sites for hydroxylation is 2. The number of halogens is 1. The lowest BCUT2D eigenvalue weighted by Crippen LogP contribution is -2.08. The van der Waals surface area contributed by atoms with Gasteiger partial charge in [-0.15, -0.1) is 0 Å². The van der Waals surface area contributed by atoms with Crippen LogP contribution in [-0.2, 0) is 6.42 Å². The Bertz CT molecular complexity index is 1130. The minimum Gasteiger partial charge on any atom is -0.324 e. The molecule has 0 fully saturated rings. The lowest BCUT2D eigenvalue weighted by molar-refractivity contribution is 1.06. The van der Waals surface area contributed by atoms with Crippen LogP contribution in [0.3, 0.4) is 0 Å². The molecule has 3 N–H and O–H groups in total. The molecule has 0 spiro atoms. The molecule has 1 heterocycles. The number of nitrogens with one attached hydrogen (secondary N) is 3. The Kier molecular flexibility index (Phi) is 6.29. The molecule has 4 rings (SSSR count). The average molecular weight is 431 g/mol. The molecule has 1 aromatic heterocycles. The molecule has 0 unspecified atom stereocenters. The van der Waals surface area contributed by atoms with E-state index in [2.05, 4.69) is 43.9 Å². The third kappa shape index (κ3) is 5.10. The zero-order chi connectivity index (χ0) is 21.6. The molecule has 0 saturated carbocycles. The number of benzene rings is 3. The Balaban J connectivity index is 1.71. The molecule has 0 atom stereocenters. The van der Waals surface area contributed by atoms with Crippen LogP contribution in [0, 0.1) is 6.92 Å². The molecule has 0 aliphatic rings. The van der Waals surface area contributed by atoms with Crippen LogP contribution < -0.4 is 16.0 Å². The lowest BCUT2D eigenvalue weighted by Gasteiger charge is -2.14. The van der Waals surface area contributed by atoms with E-state index in [1.54, 1.807) is 0 Å². The SMILES string of the molecule is CCc1ccccc1Nc1nc(Nc2ccccc2C)nc(Nc2ccccc2Cl)n1. The maximum Gasteiger partial charge on any atom is 0.233 e. The molecule has 7 heteroatoms. The first-order valence-corrected chi connectivity index (χ1v) is 10.5. The van der Waals surface area contributed by atoms with Crippen molar-refractivity contribution in [3.05, 3.63) is 88.9 Å². The normalized spacial score (nSPS) is 10.5. The van der Waals surface area contributed by atoms with Gasteiger partial charge in [0.2, 0.25) is 17.8 Å². The maximum absolute atomic E-state index is 6.31.